The van der Waals surface area contributed by atoms with Crippen LogP contribution in [0.25, 0.3) is 0 Å². The van der Waals surface area contributed by atoms with Crippen molar-refractivity contribution in [1.29, 1.82) is 0 Å². The second kappa shape index (κ2) is 7.52. The number of unbranched alkanes of at least 4 members (excludes halogenated alkanes) is 3. The van der Waals surface area contributed by atoms with Crippen LogP contribution in [0.5, 0.6) is 0 Å². The Kier molecular flexibility index (Phi) is 5.35. The quantitative estimate of drug-likeness (QED) is 0.748. The molecule has 100 valence electrons. The van der Waals surface area contributed by atoms with E-state index >= 15 is 0 Å². The van der Waals surface area contributed by atoms with Gasteiger partial charge in [0.25, 0.3) is 0 Å². The van der Waals surface area contributed by atoms with Gasteiger partial charge in [0.05, 0.1) is 23.8 Å². The van der Waals surface area contributed by atoms with Crippen LogP contribution in [0.1, 0.15) is 38.3 Å². The Morgan fingerprint density at radius 2 is 1.89 bits per heavy atom. The molecule has 0 amide bonds. The van der Waals surface area contributed by atoms with E-state index in [1.54, 1.807) is 12.4 Å². The van der Waals surface area contributed by atoms with Gasteiger partial charge in [-0.15, -0.1) is 0 Å². The van der Waals surface area contributed by atoms with Crippen molar-refractivity contribution in [3.05, 3.63) is 48.5 Å². The van der Waals surface area contributed by atoms with Crippen molar-refractivity contribution in [3.8, 4) is 0 Å². The Morgan fingerprint density at radius 3 is 2.58 bits per heavy atom. The molecular formula is C16H21N3. The van der Waals surface area contributed by atoms with Gasteiger partial charge in [-0.1, -0.05) is 26.2 Å². The Balaban J connectivity index is 1.84. The molecule has 0 fully saturated rings. The lowest BCUT2D eigenvalue weighted by molar-refractivity contribution is 0.661. The van der Waals surface area contributed by atoms with Crippen LogP contribution in [0.3, 0.4) is 0 Å². The first-order chi connectivity index (χ1) is 9.38. The molecule has 0 bridgehead atoms. The summed E-state index contributed by atoms with van der Waals surface area (Å²) in [6.45, 7) is 2.23. The summed E-state index contributed by atoms with van der Waals surface area (Å²) in [7, 11) is 0. The molecule has 0 saturated carbocycles. The van der Waals surface area contributed by atoms with Gasteiger partial charge in [-0.05, 0) is 37.1 Å². The molecule has 0 saturated heterocycles. The fourth-order valence-corrected chi connectivity index (χ4v) is 1.98. The van der Waals surface area contributed by atoms with Gasteiger partial charge in [0, 0.05) is 11.9 Å². The van der Waals surface area contributed by atoms with Gasteiger partial charge >= 0.3 is 0 Å². The van der Waals surface area contributed by atoms with E-state index in [1.807, 2.05) is 18.3 Å². The van der Waals surface area contributed by atoms with Crippen LogP contribution in [-0.2, 0) is 6.42 Å². The molecule has 0 spiro atoms. The normalized spacial score (nSPS) is 10.4. The largest absolute Gasteiger partial charge is 0.353 e. The lowest BCUT2D eigenvalue weighted by Gasteiger charge is -2.06. The monoisotopic (exact) mass is 255 g/mol. The lowest BCUT2D eigenvalue weighted by atomic mass is 10.1. The van der Waals surface area contributed by atoms with Crippen molar-refractivity contribution < 1.29 is 0 Å². The van der Waals surface area contributed by atoms with Crippen molar-refractivity contribution in [1.82, 2.24) is 9.97 Å². The summed E-state index contributed by atoms with van der Waals surface area (Å²) in [4.78, 5) is 8.56. The first-order valence-electron chi connectivity index (χ1n) is 7.00. The van der Waals surface area contributed by atoms with Crippen LogP contribution in [0, 0.1) is 0 Å². The second-order valence-corrected chi connectivity index (χ2v) is 4.72. The summed E-state index contributed by atoms with van der Waals surface area (Å²) in [6, 6.07) is 8.09. The van der Waals surface area contributed by atoms with Gasteiger partial charge in [-0.3, -0.25) is 9.97 Å². The molecule has 3 nitrogen and oxygen atoms in total. The average Bonchev–Trinajstić information content (AvgIpc) is 2.46. The Hall–Kier alpha value is -1.90. The smallest absolute Gasteiger partial charge is 0.0571 e. The van der Waals surface area contributed by atoms with Crippen LogP contribution in [0.15, 0.2) is 42.9 Å². The number of pyridine rings is 2. The minimum atomic E-state index is 0.986. The van der Waals surface area contributed by atoms with Gasteiger partial charge in [0.15, 0.2) is 0 Å². The Bertz CT molecular complexity index is 465. The molecule has 3 heteroatoms. The summed E-state index contributed by atoms with van der Waals surface area (Å²) in [5, 5.41) is 3.28. The molecule has 0 aliphatic heterocycles. The van der Waals surface area contributed by atoms with Crippen molar-refractivity contribution in [2.24, 2.45) is 0 Å². The number of nitrogens with zero attached hydrogens (tertiary/aromatic N) is 2. The highest BCUT2D eigenvalue weighted by Crippen LogP contribution is 2.15. The number of nitrogens with one attached hydrogen (secondary N) is 1. The van der Waals surface area contributed by atoms with Crippen molar-refractivity contribution in [3.63, 3.8) is 0 Å². The van der Waals surface area contributed by atoms with E-state index in [0.29, 0.717) is 0 Å². The molecule has 0 atom stereocenters. The number of hydrogen-bond acceptors (Lipinski definition) is 3. The number of hydrogen-bond donors (Lipinski definition) is 1. The van der Waals surface area contributed by atoms with E-state index in [1.165, 1.54) is 31.4 Å². The summed E-state index contributed by atoms with van der Waals surface area (Å²) in [6.07, 6.45) is 11.7. The number of rotatable bonds is 7. The van der Waals surface area contributed by atoms with Crippen LogP contribution in [0.2, 0.25) is 0 Å². The van der Waals surface area contributed by atoms with Crippen LogP contribution < -0.4 is 5.32 Å². The summed E-state index contributed by atoms with van der Waals surface area (Å²) < 4.78 is 0. The number of aryl methyl sites for hydroxylation is 1. The Labute approximate surface area is 115 Å². The van der Waals surface area contributed by atoms with Gasteiger partial charge in [0.1, 0.15) is 0 Å². The average molecular weight is 255 g/mol. The van der Waals surface area contributed by atoms with E-state index in [-0.39, 0.29) is 0 Å². The van der Waals surface area contributed by atoms with E-state index in [0.717, 1.165) is 17.8 Å². The third-order valence-electron chi connectivity index (χ3n) is 3.06. The molecule has 1 N–H and O–H groups in total. The molecule has 0 aliphatic carbocycles. The number of anilines is 2. The van der Waals surface area contributed by atoms with Crippen LogP contribution in [-0.4, -0.2) is 9.97 Å². The zero-order valence-corrected chi connectivity index (χ0v) is 11.5. The Morgan fingerprint density at radius 1 is 1.00 bits per heavy atom. The summed E-state index contributed by atoms with van der Waals surface area (Å²) in [5.41, 5.74) is 3.16. The van der Waals surface area contributed by atoms with E-state index in [2.05, 4.69) is 34.3 Å². The topological polar surface area (TPSA) is 37.8 Å². The van der Waals surface area contributed by atoms with E-state index < -0.39 is 0 Å². The highest BCUT2D eigenvalue weighted by Gasteiger charge is 1.97. The maximum atomic E-state index is 4.49. The molecular weight excluding hydrogens is 234 g/mol. The third kappa shape index (κ3) is 4.70. The lowest BCUT2D eigenvalue weighted by Crippen LogP contribution is -1.94. The predicted octanol–water partition coefficient (Wildman–Crippen LogP) is 4.34. The summed E-state index contributed by atoms with van der Waals surface area (Å²) >= 11 is 0. The van der Waals surface area contributed by atoms with E-state index in [9.17, 15) is 0 Å². The molecule has 19 heavy (non-hydrogen) atoms. The standard InChI is InChI=1S/C16H21N3/c1-2-3-4-5-7-14-9-10-16(13-18-14)19-15-8-6-11-17-12-15/h6,8-13,19H,2-5,7H2,1H3. The van der Waals surface area contributed by atoms with Gasteiger partial charge < -0.3 is 5.32 Å². The zero-order chi connectivity index (χ0) is 13.3. The highest BCUT2D eigenvalue weighted by molar-refractivity contribution is 5.57. The van der Waals surface area contributed by atoms with Crippen molar-refractivity contribution in [2.75, 3.05) is 5.32 Å². The first kappa shape index (κ1) is 13.5. The molecule has 0 aromatic carbocycles. The van der Waals surface area contributed by atoms with Gasteiger partial charge in [-0.2, -0.15) is 0 Å². The zero-order valence-electron chi connectivity index (χ0n) is 11.5. The van der Waals surface area contributed by atoms with Gasteiger partial charge in [0.2, 0.25) is 0 Å². The van der Waals surface area contributed by atoms with Crippen molar-refractivity contribution >= 4 is 11.4 Å². The third-order valence-corrected chi connectivity index (χ3v) is 3.06. The SMILES string of the molecule is CCCCCCc1ccc(Nc2cccnc2)cn1. The molecule has 2 aromatic rings. The summed E-state index contributed by atoms with van der Waals surface area (Å²) in [5.74, 6) is 0. The van der Waals surface area contributed by atoms with Crippen LogP contribution in [0.4, 0.5) is 11.4 Å². The van der Waals surface area contributed by atoms with E-state index in [4.69, 9.17) is 0 Å². The minimum Gasteiger partial charge on any atom is -0.353 e. The maximum Gasteiger partial charge on any atom is 0.0571 e. The first-order valence-corrected chi connectivity index (χ1v) is 7.00. The van der Waals surface area contributed by atoms with Crippen molar-refractivity contribution in [2.45, 2.75) is 39.0 Å². The van der Waals surface area contributed by atoms with Gasteiger partial charge in [-0.25, -0.2) is 0 Å². The second-order valence-electron chi connectivity index (χ2n) is 4.72. The molecule has 2 aromatic heterocycles. The minimum absolute atomic E-state index is 0.986. The fourth-order valence-electron chi connectivity index (χ4n) is 1.98. The molecule has 0 radical (unpaired) electrons. The maximum absolute atomic E-state index is 4.49. The fraction of sp³-hybridized carbons (Fsp3) is 0.375. The highest BCUT2D eigenvalue weighted by atomic mass is 14.9. The number of aromatic nitrogens is 2. The van der Waals surface area contributed by atoms with Crippen LogP contribution >= 0.6 is 0 Å². The molecule has 2 heterocycles. The predicted molar refractivity (Wildman–Crippen MR) is 79.6 cm³/mol. The molecule has 0 unspecified atom stereocenters. The molecule has 2 rings (SSSR count). The molecule has 0 aliphatic rings.